The Morgan fingerprint density at radius 1 is 0.434 bits per heavy atom. The number of aryl methyl sites for hydroxylation is 3. The fourth-order valence-electron chi connectivity index (χ4n) is 15.0. The molecule has 5 heterocycles. The van der Waals surface area contributed by atoms with E-state index in [9.17, 15) is 0 Å². The van der Waals surface area contributed by atoms with Gasteiger partial charge in [-0.1, -0.05) is 179 Å². The lowest BCUT2D eigenvalue weighted by molar-refractivity contribution is -0.729. The molecule has 4 nitrogen and oxygen atoms in total. The van der Waals surface area contributed by atoms with Crippen LogP contribution in [0, 0.1) is 6.92 Å². The van der Waals surface area contributed by atoms with E-state index in [1.54, 1.807) is 0 Å². The van der Waals surface area contributed by atoms with Gasteiger partial charge in [-0.15, -0.1) is 0 Å². The lowest BCUT2D eigenvalue weighted by Gasteiger charge is -2.41. The van der Waals surface area contributed by atoms with Gasteiger partial charge in [0.25, 0.3) is 0 Å². The maximum absolute atomic E-state index is 2.68. The lowest BCUT2D eigenvalue weighted by Crippen LogP contribution is -2.56. The lowest BCUT2D eigenvalue weighted by atomic mass is 9.64. The second-order valence-corrected chi connectivity index (χ2v) is 23.3. The second-order valence-electron chi connectivity index (χ2n) is 23.3. The van der Waals surface area contributed by atoms with Gasteiger partial charge in [0.15, 0.2) is 18.4 Å². The number of rotatable bonds is 13. The van der Waals surface area contributed by atoms with Gasteiger partial charge in [-0.25, -0.2) is 0 Å². The summed E-state index contributed by atoms with van der Waals surface area (Å²) in [5.41, 5.74) is 21.2. The summed E-state index contributed by atoms with van der Waals surface area (Å²) < 4.78 is 10.2. The quantitative estimate of drug-likeness (QED) is 0.102. The molecule has 0 bridgehead atoms. The molecule has 0 N–H and O–H groups in total. The number of fused-ring (bicyclic) bond motifs is 12. The number of nitrogens with zero attached hydrogens (tertiary/aromatic N) is 4. The van der Waals surface area contributed by atoms with E-state index in [0.29, 0.717) is 6.04 Å². The summed E-state index contributed by atoms with van der Waals surface area (Å²) in [6.45, 7) is 10.3. The van der Waals surface area contributed by atoms with Crippen LogP contribution >= 0.6 is 0 Å². The van der Waals surface area contributed by atoms with Gasteiger partial charge in [0, 0.05) is 57.9 Å². The van der Waals surface area contributed by atoms with E-state index in [-0.39, 0.29) is 5.41 Å². The fraction of sp³-hybridized carbons (Fsp3) is 0.165. The zero-order chi connectivity index (χ0) is 55.8. The average Bonchev–Trinajstić information content (AvgIpc) is 4.10. The van der Waals surface area contributed by atoms with Gasteiger partial charge in [0.1, 0.15) is 6.54 Å². The van der Waals surface area contributed by atoms with Crippen LogP contribution in [0.2, 0.25) is 0 Å². The number of para-hydroxylation sites is 4. The van der Waals surface area contributed by atoms with Crippen molar-refractivity contribution in [3.05, 3.63) is 266 Å². The Bertz CT molecular complexity index is 4620. The Balaban J connectivity index is 0.850. The Morgan fingerprint density at radius 3 is 1.64 bits per heavy atom. The first kappa shape index (κ1) is 50.6. The molecule has 2 atom stereocenters. The minimum Gasteiger partial charge on any atom is -0.309 e. The van der Waals surface area contributed by atoms with Gasteiger partial charge in [0.2, 0.25) is 11.4 Å². The van der Waals surface area contributed by atoms with Crippen molar-refractivity contribution < 1.29 is 9.13 Å². The maximum Gasteiger partial charge on any atom is 0.220 e. The molecule has 0 spiro atoms. The fourth-order valence-corrected chi connectivity index (χ4v) is 15.0. The average molecular weight is 1070 g/mol. The van der Waals surface area contributed by atoms with E-state index in [2.05, 4.69) is 295 Å². The van der Waals surface area contributed by atoms with E-state index in [1.165, 1.54) is 134 Å². The van der Waals surface area contributed by atoms with Crippen LogP contribution in [-0.4, -0.2) is 9.13 Å². The minimum atomic E-state index is -0.0932. The molecule has 2 unspecified atom stereocenters. The van der Waals surface area contributed by atoms with Crippen molar-refractivity contribution in [2.24, 2.45) is 0 Å². The van der Waals surface area contributed by atoms with Crippen molar-refractivity contribution in [3.8, 4) is 56.1 Å². The predicted molar refractivity (Wildman–Crippen MR) is 348 cm³/mol. The van der Waals surface area contributed by atoms with Crippen molar-refractivity contribution >= 4 is 65.2 Å². The number of aromatic nitrogens is 4. The summed E-state index contributed by atoms with van der Waals surface area (Å²) in [6.07, 6.45) is 11.4. The molecule has 10 aromatic carbocycles. The van der Waals surface area contributed by atoms with Crippen molar-refractivity contribution in [3.63, 3.8) is 0 Å². The third-order valence-electron chi connectivity index (χ3n) is 19.0. The number of hydrogen-bond acceptors (Lipinski definition) is 0. The molecule has 14 aromatic rings. The van der Waals surface area contributed by atoms with Crippen LogP contribution in [0.25, 0.3) is 121 Å². The van der Waals surface area contributed by atoms with Crippen LogP contribution < -0.4 is 9.13 Å². The molecule has 0 fully saturated rings. The van der Waals surface area contributed by atoms with Gasteiger partial charge in [-0.05, 0) is 149 Å². The smallest absolute Gasteiger partial charge is 0.220 e. The molecule has 1 aliphatic rings. The molecule has 0 aliphatic carbocycles. The molecule has 1 aliphatic heterocycles. The van der Waals surface area contributed by atoms with Gasteiger partial charge in [-0.2, -0.15) is 9.13 Å². The van der Waals surface area contributed by atoms with E-state index in [1.807, 2.05) is 0 Å². The minimum absolute atomic E-state index is 0.0932. The highest BCUT2D eigenvalue weighted by Gasteiger charge is 2.51. The normalized spacial score (nSPS) is 15.0. The highest BCUT2D eigenvalue weighted by atomic mass is 15.0. The SMILES string of the molecule is CCCCc1cccc2c3[n+](ccc12)C(CC)C(CC)(CC[n+]1ccc2ccccc2c1-c1cc(-c2cccc(-c4cc(-n5c6ccccc6c6ccccc65)cc(-n5c6ccccc6c6ccccc65)c4)c2)ccc1C)c1ccccc1-3. The van der Waals surface area contributed by atoms with E-state index >= 15 is 0 Å². The predicted octanol–water partition coefficient (Wildman–Crippen LogP) is 19.8. The molecule has 0 saturated carbocycles. The summed E-state index contributed by atoms with van der Waals surface area (Å²) >= 11 is 0. The van der Waals surface area contributed by atoms with Gasteiger partial charge in [0.05, 0.1) is 49.4 Å². The summed E-state index contributed by atoms with van der Waals surface area (Å²) in [6, 6.07) is 89.4. The standard InChI is InChI=1S/C79H68N4/c1-5-8-23-54-25-22-34-68-62(54)43-46-81-76(6-2)79(7-3,71-35-16-11-33-69(71)78(68)81)44-47-80-45-42-55-24-9-10-28-63(55)77(80)70-51-58(41-40-53(70)4)56-26-21-27-57(48-56)59-49-60(82-72-36-17-12-29-64(72)65-30-13-18-37-73(65)82)52-61(50-59)83-74-38-19-14-31-66(74)67-32-15-20-39-75(67)83/h9-22,24-43,45-46,48-52,76H,5-8,23,44,47H2,1-4H3/q+2. The van der Waals surface area contributed by atoms with Crippen molar-refractivity contribution in [2.45, 2.75) is 84.2 Å². The third kappa shape index (κ3) is 8.16. The van der Waals surface area contributed by atoms with E-state index in [0.717, 1.165) is 49.2 Å². The Kier molecular flexibility index (Phi) is 12.5. The Labute approximate surface area is 486 Å². The first-order valence-electron chi connectivity index (χ1n) is 30.3. The van der Waals surface area contributed by atoms with Crippen molar-refractivity contribution in [1.29, 1.82) is 0 Å². The van der Waals surface area contributed by atoms with Gasteiger partial charge >= 0.3 is 0 Å². The molecule has 402 valence electrons. The molecule has 0 saturated heterocycles. The summed E-state index contributed by atoms with van der Waals surface area (Å²) in [7, 11) is 0. The maximum atomic E-state index is 2.68. The van der Waals surface area contributed by atoms with Crippen LogP contribution in [0.15, 0.2) is 249 Å². The molecule has 4 heteroatoms. The first-order chi connectivity index (χ1) is 40.9. The number of benzene rings is 10. The van der Waals surface area contributed by atoms with Crippen LogP contribution in [-0.2, 0) is 18.4 Å². The first-order valence-corrected chi connectivity index (χ1v) is 30.3. The molecule has 4 aromatic heterocycles. The zero-order valence-electron chi connectivity index (χ0n) is 48.0. The Hall–Kier alpha value is -9.38. The van der Waals surface area contributed by atoms with E-state index < -0.39 is 0 Å². The van der Waals surface area contributed by atoms with Gasteiger partial charge < -0.3 is 9.13 Å². The van der Waals surface area contributed by atoms with E-state index in [4.69, 9.17) is 0 Å². The monoisotopic (exact) mass is 1070 g/mol. The summed E-state index contributed by atoms with van der Waals surface area (Å²) in [5, 5.41) is 10.3. The van der Waals surface area contributed by atoms with Crippen LogP contribution in [0.1, 0.15) is 75.6 Å². The molecule has 15 rings (SSSR count). The highest BCUT2D eigenvalue weighted by Crippen LogP contribution is 2.50. The Morgan fingerprint density at radius 2 is 1.00 bits per heavy atom. The summed E-state index contributed by atoms with van der Waals surface area (Å²) in [5.74, 6) is 0. The molecule has 0 radical (unpaired) electrons. The molecule has 0 amide bonds. The van der Waals surface area contributed by atoms with Crippen LogP contribution in [0.3, 0.4) is 0 Å². The molecule has 83 heavy (non-hydrogen) atoms. The largest absolute Gasteiger partial charge is 0.309 e. The zero-order valence-corrected chi connectivity index (χ0v) is 48.0. The molecular formula is C79H68N4+2. The topological polar surface area (TPSA) is 17.6 Å². The van der Waals surface area contributed by atoms with Gasteiger partial charge in [-0.3, -0.25) is 0 Å². The molecular weight excluding hydrogens is 1000 g/mol. The number of unbranched alkanes of at least 4 members (excludes halogenated alkanes) is 1. The third-order valence-corrected chi connectivity index (χ3v) is 19.0. The number of hydrogen-bond donors (Lipinski definition) is 0. The van der Waals surface area contributed by atoms with Crippen LogP contribution in [0.4, 0.5) is 0 Å². The van der Waals surface area contributed by atoms with Crippen molar-refractivity contribution in [2.75, 3.05) is 0 Å². The van der Waals surface area contributed by atoms with Crippen molar-refractivity contribution in [1.82, 2.24) is 9.13 Å². The summed E-state index contributed by atoms with van der Waals surface area (Å²) in [4.78, 5) is 0. The number of pyridine rings is 2. The second kappa shape index (κ2) is 20.6. The highest BCUT2D eigenvalue weighted by molar-refractivity contribution is 6.11. The van der Waals surface area contributed by atoms with Crippen LogP contribution in [0.5, 0.6) is 0 Å².